The van der Waals surface area contributed by atoms with Gasteiger partial charge in [-0.3, -0.25) is 4.79 Å². The van der Waals surface area contributed by atoms with Gasteiger partial charge in [0.15, 0.2) is 0 Å². The van der Waals surface area contributed by atoms with Gasteiger partial charge in [0.1, 0.15) is 17.3 Å². The number of para-hydroxylation sites is 1. The average molecular weight is 388 g/mol. The molecule has 7 heteroatoms. The second-order valence-electron chi connectivity index (χ2n) is 5.08. The van der Waals surface area contributed by atoms with Crippen LogP contribution in [0.5, 0.6) is 11.5 Å². The fourth-order valence-electron chi connectivity index (χ4n) is 2.30. The van der Waals surface area contributed by atoms with Crippen LogP contribution >= 0.6 is 15.9 Å². The van der Waals surface area contributed by atoms with Crippen LogP contribution in [0, 0.1) is 6.92 Å². The Morgan fingerprint density at radius 1 is 1.33 bits per heavy atom. The van der Waals surface area contributed by atoms with E-state index in [2.05, 4.69) is 26.0 Å². The van der Waals surface area contributed by atoms with Crippen molar-refractivity contribution in [1.29, 1.82) is 0 Å². The largest absolute Gasteiger partial charge is 0.506 e. The lowest BCUT2D eigenvalue weighted by atomic mass is 10.2. The molecule has 0 unspecified atom stereocenters. The van der Waals surface area contributed by atoms with Crippen molar-refractivity contribution in [2.45, 2.75) is 6.92 Å². The highest BCUT2D eigenvalue weighted by atomic mass is 79.9. The number of benzene rings is 2. The van der Waals surface area contributed by atoms with Gasteiger partial charge >= 0.3 is 0 Å². The van der Waals surface area contributed by atoms with Crippen LogP contribution in [0.1, 0.15) is 11.4 Å². The molecule has 1 heterocycles. The number of ether oxygens (including phenoxy) is 1. The zero-order chi connectivity index (χ0) is 17.3. The molecule has 0 aliphatic rings. The molecule has 122 valence electrons. The van der Waals surface area contributed by atoms with E-state index in [0.29, 0.717) is 32.5 Å². The Morgan fingerprint density at radius 2 is 2.08 bits per heavy atom. The van der Waals surface area contributed by atoms with E-state index in [9.17, 15) is 9.90 Å². The summed E-state index contributed by atoms with van der Waals surface area (Å²) in [5.74, 6) is 1.03. The lowest BCUT2D eigenvalue weighted by Gasteiger charge is -2.07. The van der Waals surface area contributed by atoms with Gasteiger partial charge in [-0.05, 0) is 47.1 Å². The molecule has 3 rings (SSSR count). The lowest BCUT2D eigenvalue weighted by molar-refractivity contribution is 0.411. The third kappa shape index (κ3) is 2.90. The minimum atomic E-state index is -0.268. The summed E-state index contributed by atoms with van der Waals surface area (Å²) in [6.45, 7) is 1.70. The lowest BCUT2D eigenvalue weighted by Crippen LogP contribution is -2.20. The van der Waals surface area contributed by atoms with Gasteiger partial charge in [0.25, 0.3) is 5.56 Å². The number of halogens is 1. The SMILES string of the molecule is COc1cc(Br)c(O)c(/C=N/n2c(C)nc3ccccc3c2=O)c1. The van der Waals surface area contributed by atoms with Gasteiger partial charge in [0.05, 0.1) is 28.7 Å². The van der Waals surface area contributed by atoms with E-state index in [1.807, 2.05) is 6.07 Å². The molecule has 0 atom stereocenters. The normalized spacial score (nSPS) is 11.3. The number of phenolic OH excluding ortho intramolecular Hbond substituents is 1. The van der Waals surface area contributed by atoms with Crippen molar-refractivity contribution in [2.75, 3.05) is 7.11 Å². The van der Waals surface area contributed by atoms with Gasteiger partial charge in [-0.25, -0.2) is 4.98 Å². The fourth-order valence-corrected chi connectivity index (χ4v) is 2.76. The molecule has 0 saturated heterocycles. The molecule has 2 aromatic carbocycles. The van der Waals surface area contributed by atoms with E-state index >= 15 is 0 Å². The van der Waals surface area contributed by atoms with Gasteiger partial charge in [-0.15, -0.1) is 0 Å². The molecule has 0 radical (unpaired) electrons. The number of nitrogens with zero attached hydrogens (tertiary/aromatic N) is 3. The first kappa shape index (κ1) is 16.2. The number of aromatic nitrogens is 2. The number of fused-ring (bicyclic) bond motifs is 1. The molecule has 0 aliphatic carbocycles. The molecule has 0 aliphatic heterocycles. The Balaban J connectivity index is 2.12. The van der Waals surface area contributed by atoms with Crippen LogP contribution in [0.15, 0.2) is 50.8 Å². The van der Waals surface area contributed by atoms with Crippen LogP contribution in [0.25, 0.3) is 10.9 Å². The topological polar surface area (TPSA) is 76.7 Å². The number of methoxy groups -OCH3 is 1. The number of aryl methyl sites for hydroxylation is 1. The summed E-state index contributed by atoms with van der Waals surface area (Å²) in [4.78, 5) is 16.9. The van der Waals surface area contributed by atoms with Crippen molar-refractivity contribution < 1.29 is 9.84 Å². The van der Waals surface area contributed by atoms with Crippen molar-refractivity contribution in [3.05, 3.63) is 62.6 Å². The maximum atomic E-state index is 12.6. The second kappa shape index (κ2) is 6.45. The molecule has 0 amide bonds. The second-order valence-corrected chi connectivity index (χ2v) is 5.94. The first-order chi connectivity index (χ1) is 11.5. The Kier molecular flexibility index (Phi) is 4.35. The number of hydrogen-bond donors (Lipinski definition) is 1. The summed E-state index contributed by atoms with van der Waals surface area (Å²) in [6.07, 6.45) is 1.40. The van der Waals surface area contributed by atoms with E-state index in [1.165, 1.54) is 18.0 Å². The summed E-state index contributed by atoms with van der Waals surface area (Å²) >= 11 is 3.25. The van der Waals surface area contributed by atoms with Gasteiger partial charge in [-0.2, -0.15) is 9.78 Å². The molecule has 1 aromatic heterocycles. The minimum Gasteiger partial charge on any atom is -0.506 e. The Bertz CT molecular complexity index is 1010. The monoisotopic (exact) mass is 387 g/mol. The molecule has 0 fully saturated rings. The molecule has 1 N–H and O–H groups in total. The summed E-state index contributed by atoms with van der Waals surface area (Å²) < 4.78 is 6.84. The van der Waals surface area contributed by atoms with Crippen molar-refractivity contribution in [1.82, 2.24) is 9.66 Å². The fraction of sp³-hybridized carbons (Fsp3) is 0.118. The molecule has 0 spiro atoms. The van der Waals surface area contributed by atoms with E-state index in [4.69, 9.17) is 4.74 Å². The Morgan fingerprint density at radius 3 is 2.83 bits per heavy atom. The highest BCUT2D eigenvalue weighted by Crippen LogP contribution is 2.31. The maximum Gasteiger partial charge on any atom is 0.282 e. The summed E-state index contributed by atoms with van der Waals surface area (Å²) in [7, 11) is 1.53. The summed E-state index contributed by atoms with van der Waals surface area (Å²) in [6, 6.07) is 10.4. The van der Waals surface area contributed by atoms with E-state index in [0.717, 1.165) is 0 Å². The first-order valence-corrected chi connectivity index (χ1v) is 7.90. The number of phenols is 1. The van der Waals surface area contributed by atoms with Crippen LogP contribution < -0.4 is 10.3 Å². The molecule has 24 heavy (non-hydrogen) atoms. The van der Waals surface area contributed by atoms with Gasteiger partial charge in [-0.1, -0.05) is 12.1 Å². The number of rotatable bonds is 3. The predicted octanol–water partition coefficient (Wildman–Crippen LogP) is 3.06. The van der Waals surface area contributed by atoms with Gasteiger partial charge in [0, 0.05) is 5.56 Å². The van der Waals surface area contributed by atoms with E-state index in [1.54, 1.807) is 37.3 Å². The van der Waals surface area contributed by atoms with Crippen molar-refractivity contribution in [3.63, 3.8) is 0 Å². The van der Waals surface area contributed by atoms with Crippen molar-refractivity contribution >= 4 is 33.0 Å². The van der Waals surface area contributed by atoms with Crippen molar-refractivity contribution in [3.8, 4) is 11.5 Å². The Labute approximate surface area is 146 Å². The molecule has 6 nitrogen and oxygen atoms in total. The van der Waals surface area contributed by atoms with Crippen molar-refractivity contribution in [2.24, 2.45) is 5.10 Å². The molecule has 0 bridgehead atoms. The quantitative estimate of drug-likeness (QED) is 0.700. The summed E-state index contributed by atoms with van der Waals surface area (Å²) in [5.41, 5.74) is 0.773. The number of aromatic hydroxyl groups is 1. The van der Waals surface area contributed by atoms with E-state index in [-0.39, 0.29) is 11.3 Å². The van der Waals surface area contributed by atoms with Crippen LogP contribution in [-0.2, 0) is 0 Å². The zero-order valence-corrected chi connectivity index (χ0v) is 14.6. The summed E-state index contributed by atoms with van der Waals surface area (Å²) in [5, 5.41) is 14.8. The van der Waals surface area contributed by atoms with Gasteiger partial charge in [0.2, 0.25) is 0 Å². The molecule has 0 saturated carbocycles. The highest BCUT2D eigenvalue weighted by molar-refractivity contribution is 9.10. The molecular weight excluding hydrogens is 374 g/mol. The first-order valence-electron chi connectivity index (χ1n) is 7.10. The van der Waals surface area contributed by atoms with Crippen LogP contribution in [0.2, 0.25) is 0 Å². The van der Waals surface area contributed by atoms with Crippen LogP contribution in [0.3, 0.4) is 0 Å². The maximum absolute atomic E-state index is 12.6. The standard InChI is InChI=1S/C17H14BrN3O3/c1-10-20-15-6-4-3-5-13(15)17(23)21(10)19-9-11-7-12(24-2)8-14(18)16(11)22/h3-9,22H,1-2H3/b19-9+. The Hall–Kier alpha value is -2.67. The van der Waals surface area contributed by atoms with Gasteiger partial charge < -0.3 is 9.84 Å². The number of hydrogen-bond acceptors (Lipinski definition) is 5. The molecule has 3 aromatic rings. The third-order valence-corrected chi connectivity index (χ3v) is 4.13. The van der Waals surface area contributed by atoms with Crippen LogP contribution in [0.4, 0.5) is 0 Å². The third-order valence-electron chi connectivity index (χ3n) is 3.53. The smallest absolute Gasteiger partial charge is 0.282 e. The average Bonchev–Trinajstić information content (AvgIpc) is 2.58. The molecular formula is C17H14BrN3O3. The minimum absolute atomic E-state index is 0.0130. The highest BCUT2D eigenvalue weighted by Gasteiger charge is 2.09. The van der Waals surface area contributed by atoms with E-state index < -0.39 is 0 Å². The van der Waals surface area contributed by atoms with Crippen LogP contribution in [-0.4, -0.2) is 28.1 Å². The zero-order valence-electron chi connectivity index (χ0n) is 13.0. The predicted molar refractivity (Wildman–Crippen MR) is 96.1 cm³/mol.